The Bertz CT molecular complexity index is 1330. The number of carbonyl (C=O) groups is 2. The minimum Gasteiger partial charge on any atom is -0.494 e. The smallest absolute Gasteiger partial charge is 0.416 e. The number of para-hydroxylation sites is 1. The molecule has 0 bridgehead atoms. The highest BCUT2D eigenvalue weighted by molar-refractivity contribution is 5.77. The van der Waals surface area contributed by atoms with Gasteiger partial charge >= 0.3 is 18.2 Å². The van der Waals surface area contributed by atoms with E-state index in [0.717, 1.165) is 11.6 Å². The van der Waals surface area contributed by atoms with E-state index in [1.54, 1.807) is 38.2 Å². The number of halogens is 3. The fraction of sp³-hybridized carbons (Fsp3) is 0.355. The Morgan fingerprint density at radius 2 is 1.59 bits per heavy atom. The standard InChI is InChI=1S/C31H33F3N2O5/c1-30(28(37)38,21-41-25-9-4-3-5-10-25)18-22-12-14-26(15-13-22)40-17-16-24-20-36(29(39)35(24)2)19-23-8-6-7-11-27(23)31(32,33)34/h3-15,24H,16-21H2,1-2H3,(H,37,38). The second kappa shape index (κ2) is 12.5. The van der Waals surface area contributed by atoms with E-state index in [0.29, 0.717) is 31.1 Å². The minimum atomic E-state index is -4.49. The second-order valence-corrected chi connectivity index (χ2v) is 10.5. The van der Waals surface area contributed by atoms with Crippen molar-refractivity contribution >= 4 is 12.0 Å². The molecule has 10 heteroatoms. The van der Waals surface area contributed by atoms with E-state index in [4.69, 9.17) is 9.47 Å². The van der Waals surface area contributed by atoms with Crippen LogP contribution in [0.15, 0.2) is 78.9 Å². The van der Waals surface area contributed by atoms with Gasteiger partial charge in [0.05, 0.1) is 18.2 Å². The number of alkyl halides is 3. The van der Waals surface area contributed by atoms with Gasteiger partial charge in [-0.05, 0) is 54.8 Å². The molecule has 2 amide bonds. The Morgan fingerprint density at radius 1 is 0.951 bits per heavy atom. The van der Waals surface area contributed by atoms with Gasteiger partial charge in [-0.1, -0.05) is 48.5 Å². The third-order valence-corrected chi connectivity index (χ3v) is 7.29. The van der Waals surface area contributed by atoms with Crippen molar-refractivity contribution in [2.75, 3.05) is 26.8 Å². The number of carboxylic acids is 1. The van der Waals surface area contributed by atoms with Crippen LogP contribution < -0.4 is 9.47 Å². The van der Waals surface area contributed by atoms with E-state index < -0.39 is 23.1 Å². The predicted octanol–water partition coefficient (Wildman–Crippen LogP) is 6.12. The number of rotatable bonds is 12. The molecule has 1 heterocycles. The van der Waals surface area contributed by atoms with E-state index in [2.05, 4.69) is 0 Å². The molecule has 1 aliphatic rings. The largest absolute Gasteiger partial charge is 0.494 e. The molecular formula is C31H33F3N2O5. The average molecular weight is 571 g/mol. The van der Waals surface area contributed by atoms with Crippen molar-refractivity contribution in [3.05, 3.63) is 95.6 Å². The third-order valence-electron chi connectivity index (χ3n) is 7.29. The SMILES string of the molecule is CN1C(=O)N(Cc2ccccc2C(F)(F)F)CC1CCOc1ccc(CC(C)(COc2ccccc2)C(=O)O)cc1. The number of hydrogen-bond acceptors (Lipinski definition) is 4. The Hall–Kier alpha value is -4.21. The number of amides is 2. The van der Waals surface area contributed by atoms with Crippen molar-refractivity contribution in [2.24, 2.45) is 5.41 Å². The molecule has 0 aliphatic carbocycles. The number of aliphatic carboxylic acids is 1. The fourth-order valence-corrected chi connectivity index (χ4v) is 4.81. The lowest BCUT2D eigenvalue weighted by molar-refractivity contribution is -0.149. The van der Waals surface area contributed by atoms with Crippen LogP contribution >= 0.6 is 0 Å². The highest BCUT2D eigenvalue weighted by Gasteiger charge is 2.38. The molecular weight excluding hydrogens is 537 g/mol. The quantitative estimate of drug-likeness (QED) is 0.284. The van der Waals surface area contributed by atoms with Crippen LogP contribution in [0.5, 0.6) is 11.5 Å². The summed E-state index contributed by atoms with van der Waals surface area (Å²) in [6.07, 6.45) is -3.73. The molecule has 1 saturated heterocycles. The molecule has 218 valence electrons. The zero-order valence-electron chi connectivity index (χ0n) is 22.9. The van der Waals surface area contributed by atoms with Crippen LogP contribution in [0.25, 0.3) is 0 Å². The van der Waals surface area contributed by atoms with Crippen LogP contribution in [-0.4, -0.2) is 59.8 Å². The van der Waals surface area contributed by atoms with E-state index in [1.165, 1.54) is 28.0 Å². The monoisotopic (exact) mass is 570 g/mol. The van der Waals surface area contributed by atoms with Crippen LogP contribution in [-0.2, 0) is 23.9 Å². The summed E-state index contributed by atoms with van der Waals surface area (Å²) in [4.78, 5) is 27.7. The second-order valence-electron chi connectivity index (χ2n) is 10.5. The highest BCUT2D eigenvalue weighted by Crippen LogP contribution is 2.33. The van der Waals surface area contributed by atoms with Gasteiger partial charge in [0, 0.05) is 26.6 Å². The van der Waals surface area contributed by atoms with Gasteiger partial charge in [-0.25, -0.2) is 4.79 Å². The number of carboxylic acid groups (broad SMARTS) is 1. The molecule has 2 unspecified atom stereocenters. The Kier molecular flexibility index (Phi) is 9.10. The van der Waals surface area contributed by atoms with Crippen molar-refractivity contribution in [3.63, 3.8) is 0 Å². The number of ether oxygens (including phenoxy) is 2. The summed E-state index contributed by atoms with van der Waals surface area (Å²) in [5.41, 5.74) is -0.998. The molecule has 3 aromatic carbocycles. The molecule has 7 nitrogen and oxygen atoms in total. The summed E-state index contributed by atoms with van der Waals surface area (Å²) >= 11 is 0. The lowest BCUT2D eigenvalue weighted by atomic mass is 9.84. The zero-order chi connectivity index (χ0) is 29.6. The first kappa shape index (κ1) is 29.8. The summed E-state index contributed by atoms with van der Waals surface area (Å²) in [7, 11) is 1.64. The van der Waals surface area contributed by atoms with Gasteiger partial charge in [0.1, 0.15) is 23.5 Å². The summed E-state index contributed by atoms with van der Waals surface area (Å²) in [5, 5.41) is 9.85. The van der Waals surface area contributed by atoms with Crippen molar-refractivity contribution in [3.8, 4) is 11.5 Å². The molecule has 0 spiro atoms. The number of urea groups is 1. The topological polar surface area (TPSA) is 79.3 Å². The first-order chi connectivity index (χ1) is 19.5. The van der Waals surface area contributed by atoms with Crippen molar-refractivity contribution in [2.45, 2.75) is 38.5 Å². The summed E-state index contributed by atoms with van der Waals surface area (Å²) < 4.78 is 51.7. The van der Waals surface area contributed by atoms with Crippen LogP contribution in [0.4, 0.5) is 18.0 Å². The lowest BCUT2D eigenvalue weighted by Gasteiger charge is -2.25. The Labute approximate surface area is 237 Å². The molecule has 1 N–H and O–H groups in total. The van der Waals surface area contributed by atoms with Crippen LogP contribution in [0, 0.1) is 5.41 Å². The van der Waals surface area contributed by atoms with Gasteiger partial charge in [-0.15, -0.1) is 0 Å². The predicted molar refractivity (Wildman–Crippen MR) is 147 cm³/mol. The molecule has 1 aliphatic heterocycles. The van der Waals surface area contributed by atoms with Crippen molar-refractivity contribution in [1.82, 2.24) is 9.80 Å². The van der Waals surface area contributed by atoms with Crippen LogP contribution in [0.3, 0.4) is 0 Å². The zero-order valence-corrected chi connectivity index (χ0v) is 22.9. The van der Waals surface area contributed by atoms with Crippen molar-refractivity contribution in [1.29, 1.82) is 0 Å². The number of hydrogen-bond donors (Lipinski definition) is 1. The Morgan fingerprint density at radius 3 is 2.24 bits per heavy atom. The van der Waals surface area contributed by atoms with Gasteiger partial charge in [0.2, 0.25) is 0 Å². The number of nitrogens with zero attached hydrogens (tertiary/aromatic N) is 2. The van der Waals surface area contributed by atoms with Gasteiger partial charge in [0.25, 0.3) is 0 Å². The first-order valence-electron chi connectivity index (χ1n) is 13.3. The number of benzene rings is 3. The molecule has 1 fully saturated rings. The van der Waals surface area contributed by atoms with E-state index in [-0.39, 0.29) is 37.2 Å². The molecule has 0 aromatic heterocycles. The normalized spacial score (nSPS) is 16.9. The molecule has 4 rings (SSSR count). The fourth-order valence-electron chi connectivity index (χ4n) is 4.81. The molecule has 3 aromatic rings. The molecule has 0 radical (unpaired) electrons. The van der Waals surface area contributed by atoms with E-state index >= 15 is 0 Å². The number of carbonyl (C=O) groups excluding carboxylic acids is 1. The van der Waals surface area contributed by atoms with E-state index in [9.17, 15) is 27.9 Å². The van der Waals surface area contributed by atoms with Crippen molar-refractivity contribution < 1.29 is 37.3 Å². The molecule has 41 heavy (non-hydrogen) atoms. The van der Waals surface area contributed by atoms with Crippen LogP contribution in [0.1, 0.15) is 30.0 Å². The Balaban J connectivity index is 1.29. The van der Waals surface area contributed by atoms with Gasteiger partial charge in [0.15, 0.2) is 0 Å². The number of likely N-dealkylation sites (N-methyl/N-ethyl adjacent to an activating group) is 1. The summed E-state index contributed by atoms with van der Waals surface area (Å²) in [6, 6.07) is 21.0. The van der Waals surface area contributed by atoms with Gasteiger partial charge in [-0.3, -0.25) is 4.79 Å². The lowest BCUT2D eigenvalue weighted by Crippen LogP contribution is -2.36. The maximum Gasteiger partial charge on any atom is 0.416 e. The maximum absolute atomic E-state index is 13.4. The van der Waals surface area contributed by atoms with Gasteiger partial charge in [-0.2, -0.15) is 13.2 Å². The highest BCUT2D eigenvalue weighted by atomic mass is 19.4. The summed E-state index contributed by atoms with van der Waals surface area (Å²) in [6.45, 7) is 2.13. The third kappa shape index (κ3) is 7.50. The minimum absolute atomic E-state index is 0.0109. The maximum atomic E-state index is 13.4. The molecule has 2 atom stereocenters. The van der Waals surface area contributed by atoms with E-state index in [1.807, 2.05) is 30.3 Å². The van der Waals surface area contributed by atoms with Crippen LogP contribution in [0.2, 0.25) is 0 Å². The summed E-state index contributed by atoms with van der Waals surface area (Å²) in [5.74, 6) is 0.238. The average Bonchev–Trinajstić information content (AvgIpc) is 3.21. The van der Waals surface area contributed by atoms with Gasteiger partial charge < -0.3 is 24.4 Å². The first-order valence-corrected chi connectivity index (χ1v) is 13.3. The molecule has 0 saturated carbocycles.